The number of rotatable bonds is 5. The van der Waals surface area contributed by atoms with Gasteiger partial charge in [-0.3, -0.25) is 9.59 Å². The molecule has 4 nitrogen and oxygen atoms in total. The minimum Gasteiger partial charge on any atom is -0.326 e. The van der Waals surface area contributed by atoms with Gasteiger partial charge in [-0.15, -0.1) is 0 Å². The van der Waals surface area contributed by atoms with Gasteiger partial charge in [-0.2, -0.15) is 0 Å². The van der Waals surface area contributed by atoms with Crippen LogP contribution in [0.25, 0.3) is 10.8 Å². The fourth-order valence-electron chi connectivity index (χ4n) is 3.41. The highest BCUT2D eigenvalue weighted by molar-refractivity contribution is 6.00. The molecule has 4 rings (SSSR count). The maximum Gasteiger partial charge on any atom is 0.247 e. The first-order valence-corrected chi connectivity index (χ1v) is 9.07. The lowest BCUT2D eigenvalue weighted by Crippen LogP contribution is -2.15. The molecule has 2 amide bonds. The van der Waals surface area contributed by atoms with Gasteiger partial charge in [0, 0.05) is 11.6 Å². The fourth-order valence-corrected chi connectivity index (χ4v) is 3.41. The number of benzene rings is 3. The number of nitrogens with one attached hydrogen (secondary N) is 2. The molecule has 2 N–H and O–H groups in total. The maximum atomic E-state index is 13.8. The number of amides is 2. The molecule has 1 aliphatic rings. The van der Waals surface area contributed by atoms with Crippen molar-refractivity contribution in [3.05, 3.63) is 84.7 Å². The third kappa shape index (κ3) is 3.64. The Morgan fingerprint density at radius 3 is 2.57 bits per heavy atom. The van der Waals surface area contributed by atoms with Gasteiger partial charge in [0.2, 0.25) is 11.8 Å². The van der Waals surface area contributed by atoms with Gasteiger partial charge >= 0.3 is 0 Å². The molecule has 0 aliphatic heterocycles. The van der Waals surface area contributed by atoms with Crippen LogP contribution in [0.2, 0.25) is 0 Å². The summed E-state index contributed by atoms with van der Waals surface area (Å²) in [6.07, 6.45) is 1.84. The minimum atomic E-state index is -0.575. The monoisotopic (exact) mass is 374 g/mol. The van der Waals surface area contributed by atoms with Crippen molar-refractivity contribution < 1.29 is 14.0 Å². The Labute approximate surface area is 162 Å². The average Bonchev–Trinajstić information content (AvgIpc) is 3.51. The van der Waals surface area contributed by atoms with E-state index < -0.39 is 11.7 Å². The summed E-state index contributed by atoms with van der Waals surface area (Å²) in [5, 5.41) is 7.54. The van der Waals surface area contributed by atoms with E-state index in [0.29, 0.717) is 5.69 Å². The SMILES string of the molecule is C=CC(=O)Nc1cc(NC(=O)[C@@H]2C[C@H]2c2ccc3ccccc3c2)ccc1F. The number of anilines is 2. The standard InChI is InChI=1S/C23H19FN2O2/c1-2-22(27)26-21-12-17(9-10-20(21)24)25-23(28)19-13-18(19)16-8-7-14-5-3-4-6-15(14)11-16/h2-12,18-19H,1,13H2,(H,25,28)(H,26,27)/t18-,19+/m0/s1. The Balaban J connectivity index is 1.45. The summed E-state index contributed by atoms with van der Waals surface area (Å²) < 4.78 is 13.8. The van der Waals surface area contributed by atoms with Gasteiger partial charge in [0.05, 0.1) is 5.69 Å². The Kier molecular flexibility index (Phi) is 4.65. The van der Waals surface area contributed by atoms with Crippen molar-refractivity contribution in [2.75, 3.05) is 10.6 Å². The van der Waals surface area contributed by atoms with Gasteiger partial charge < -0.3 is 10.6 Å². The van der Waals surface area contributed by atoms with Gasteiger partial charge in [0.15, 0.2) is 0 Å². The third-order valence-corrected chi connectivity index (χ3v) is 5.01. The normalized spacial score (nSPS) is 17.8. The summed E-state index contributed by atoms with van der Waals surface area (Å²) in [5.74, 6) is -1.12. The molecular formula is C23H19FN2O2. The van der Waals surface area contributed by atoms with Crippen LogP contribution in [0.1, 0.15) is 17.9 Å². The molecule has 28 heavy (non-hydrogen) atoms. The molecule has 0 heterocycles. The smallest absolute Gasteiger partial charge is 0.247 e. The molecule has 140 valence electrons. The Morgan fingerprint density at radius 2 is 1.79 bits per heavy atom. The summed E-state index contributed by atoms with van der Waals surface area (Å²) in [6, 6.07) is 18.5. The Morgan fingerprint density at radius 1 is 1.00 bits per heavy atom. The highest BCUT2D eigenvalue weighted by atomic mass is 19.1. The lowest BCUT2D eigenvalue weighted by Gasteiger charge is -2.09. The molecule has 0 unspecified atom stereocenters. The van der Waals surface area contributed by atoms with Gasteiger partial charge in [-0.05, 0) is 52.9 Å². The molecule has 2 atom stereocenters. The third-order valence-electron chi connectivity index (χ3n) is 5.01. The predicted octanol–water partition coefficient (Wildman–Crippen LogP) is 4.85. The van der Waals surface area contributed by atoms with E-state index in [0.717, 1.165) is 23.4 Å². The number of fused-ring (bicyclic) bond motifs is 1. The minimum absolute atomic E-state index is 0.00424. The Hall–Kier alpha value is -3.47. The first kappa shape index (κ1) is 17.9. The second-order valence-corrected chi connectivity index (χ2v) is 6.93. The van der Waals surface area contributed by atoms with Crippen LogP contribution in [0.5, 0.6) is 0 Å². The van der Waals surface area contributed by atoms with Crippen molar-refractivity contribution in [2.24, 2.45) is 5.92 Å². The number of halogens is 1. The van der Waals surface area contributed by atoms with Crippen LogP contribution < -0.4 is 10.6 Å². The molecule has 0 radical (unpaired) electrons. The fraction of sp³-hybridized carbons (Fsp3) is 0.130. The average molecular weight is 374 g/mol. The van der Waals surface area contributed by atoms with E-state index >= 15 is 0 Å². The van der Waals surface area contributed by atoms with Gasteiger partial charge in [-0.1, -0.05) is 49.0 Å². The van der Waals surface area contributed by atoms with Crippen LogP contribution in [0, 0.1) is 11.7 Å². The van der Waals surface area contributed by atoms with E-state index in [1.54, 1.807) is 0 Å². The molecule has 5 heteroatoms. The van der Waals surface area contributed by atoms with Crippen molar-refractivity contribution >= 4 is 34.0 Å². The zero-order chi connectivity index (χ0) is 19.7. The van der Waals surface area contributed by atoms with Crippen molar-refractivity contribution in [3.63, 3.8) is 0 Å². The highest BCUT2D eigenvalue weighted by Crippen LogP contribution is 2.48. The lowest BCUT2D eigenvalue weighted by molar-refractivity contribution is -0.117. The quantitative estimate of drug-likeness (QED) is 0.628. The highest BCUT2D eigenvalue weighted by Gasteiger charge is 2.44. The summed E-state index contributed by atoms with van der Waals surface area (Å²) in [6.45, 7) is 3.34. The lowest BCUT2D eigenvalue weighted by atomic mass is 10.0. The van der Waals surface area contributed by atoms with E-state index in [9.17, 15) is 14.0 Å². The van der Waals surface area contributed by atoms with E-state index in [2.05, 4.69) is 47.5 Å². The van der Waals surface area contributed by atoms with Crippen molar-refractivity contribution in [1.29, 1.82) is 0 Å². The van der Waals surface area contributed by atoms with Gasteiger partial charge in [-0.25, -0.2) is 4.39 Å². The van der Waals surface area contributed by atoms with Crippen LogP contribution in [0.15, 0.2) is 73.3 Å². The molecule has 1 fully saturated rings. The summed E-state index contributed by atoms with van der Waals surface area (Å²) in [4.78, 5) is 24.0. The topological polar surface area (TPSA) is 58.2 Å². The molecule has 0 saturated heterocycles. The zero-order valence-corrected chi connectivity index (χ0v) is 15.1. The molecule has 3 aromatic rings. The molecule has 0 bridgehead atoms. The first-order valence-electron chi connectivity index (χ1n) is 9.07. The van der Waals surface area contributed by atoms with Gasteiger partial charge in [0.1, 0.15) is 5.82 Å². The Bertz CT molecular complexity index is 1090. The van der Waals surface area contributed by atoms with Crippen molar-refractivity contribution in [1.82, 2.24) is 0 Å². The van der Waals surface area contributed by atoms with E-state index in [-0.39, 0.29) is 23.4 Å². The summed E-state index contributed by atoms with van der Waals surface area (Å²) in [5.41, 5.74) is 1.59. The maximum absolute atomic E-state index is 13.8. The molecular weight excluding hydrogens is 355 g/mol. The van der Waals surface area contributed by atoms with Crippen molar-refractivity contribution in [2.45, 2.75) is 12.3 Å². The zero-order valence-electron chi connectivity index (χ0n) is 15.1. The van der Waals surface area contributed by atoms with Crippen LogP contribution in [0.4, 0.5) is 15.8 Å². The van der Waals surface area contributed by atoms with Crippen molar-refractivity contribution in [3.8, 4) is 0 Å². The predicted molar refractivity (Wildman–Crippen MR) is 109 cm³/mol. The summed E-state index contributed by atoms with van der Waals surface area (Å²) in [7, 11) is 0. The number of carbonyl (C=O) groups is 2. The second kappa shape index (κ2) is 7.27. The van der Waals surface area contributed by atoms with Gasteiger partial charge in [0.25, 0.3) is 0 Å². The van der Waals surface area contributed by atoms with E-state index in [1.165, 1.54) is 23.6 Å². The molecule has 1 saturated carbocycles. The van der Waals surface area contributed by atoms with Crippen LogP contribution >= 0.6 is 0 Å². The number of hydrogen-bond acceptors (Lipinski definition) is 2. The first-order chi connectivity index (χ1) is 13.5. The largest absolute Gasteiger partial charge is 0.326 e. The molecule has 3 aromatic carbocycles. The number of hydrogen-bond donors (Lipinski definition) is 2. The van der Waals surface area contributed by atoms with E-state index in [4.69, 9.17) is 0 Å². The molecule has 0 aromatic heterocycles. The molecule has 0 spiro atoms. The summed E-state index contributed by atoms with van der Waals surface area (Å²) >= 11 is 0. The molecule has 1 aliphatic carbocycles. The second-order valence-electron chi connectivity index (χ2n) is 6.93. The van der Waals surface area contributed by atoms with Crippen LogP contribution in [-0.2, 0) is 9.59 Å². The van der Waals surface area contributed by atoms with Crippen LogP contribution in [-0.4, -0.2) is 11.8 Å². The van der Waals surface area contributed by atoms with E-state index in [1.807, 2.05) is 12.1 Å². The van der Waals surface area contributed by atoms with Crippen LogP contribution in [0.3, 0.4) is 0 Å². The number of carbonyl (C=O) groups excluding carboxylic acids is 2.